The Morgan fingerprint density at radius 3 is 1.92 bits per heavy atom. The van der Waals surface area contributed by atoms with E-state index in [0.29, 0.717) is 0 Å². The zero-order valence-electron chi connectivity index (χ0n) is 6.69. The topological polar surface area (TPSA) is 101 Å². The molecule has 12 heavy (non-hydrogen) atoms. The van der Waals surface area contributed by atoms with Crippen molar-refractivity contribution in [2.45, 2.75) is 18.9 Å². The third-order valence-corrected chi connectivity index (χ3v) is 0.986. The number of carboxylic acid groups (broad SMARTS) is 2. The van der Waals surface area contributed by atoms with E-state index in [-0.39, 0.29) is 51.8 Å². The molecule has 0 radical (unpaired) electrons. The molecule has 0 rings (SSSR count). The van der Waals surface area contributed by atoms with Crippen LogP contribution in [0.2, 0.25) is 0 Å². The number of hydrogen-bond donors (Lipinski definition) is 3. The van der Waals surface area contributed by atoms with Gasteiger partial charge in [0, 0.05) is 45.4 Å². The molecule has 1 atom stereocenters. The summed E-state index contributed by atoms with van der Waals surface area (Å²) in [6.45, 7) is 0. The number of carbonyl (C=O) groups is 2. The van der Waals surface area contributed by atoms with Crippen LogP contribution in [-0.2, 0) is 48.5 Å². The van der Waals surface area contributed by atoms with E-state index in [1.54, 1.807) is 0 Å². The Morgan fingerprint density at radius 1 is 1.25 bits per heavy atom. The molecule has 0 aliphatic rings. The quantitative estimate of drug-likeness (QED) is 0.588. The molecule has 0 saturated carbocycles. The maximum Gasteiger partial charge on any atom is 0.320 e. The van der Waals surface area contributed by atoms with E-state index >= 15 is 0 Å². The second kappa shape index (κ2) is 9.24. The maximum atomic E-state index is 9.99. The molecule has 0 fully saturated rings. The molecule has 0 aromatic carbocycles. The first-order valence-electron chi connectivity index (χ1n) is 2.74. The fraction of sp³-hybridized carbons (Fsp3) is 0.600. The predicted octanol–water partition coefficient (Wildman–Crippen LogP) is -0.742. The van der Waals surface area contributed by atoms with E-state index in [0.717, 1.165) is 0 Å². The van der Waals surface area contributed by atoms with E-state index in [1.807, 2.05) is 0 Å². The van der Waals surface area contributed by atoms with Crippen LogP contribution in [0.1, 0.15) is 12.8 Å². The first kappa shape index (κ1) is 18.0. The summed E-state index contributed by atoms with van der Waals surface area (Å²) >= 11 is 0. The zero-order chi connectivity index (χ0) is 8.15. The summed E-state index contributed by atoms with van der Waals surface area (Å²) in [5.74, 6) is -2.20. The van der Waals surface area contributed by atoms with Gasteiger partial charge in [-0.2, -0.15) is 0 Å². The molecule has 0 aromatic rings. The Balaban J connectivity index is -0.000000405. The molecule has 0 saturated heterocycles. The number of nitrogens with two attached hydrogens (primary N) is 1. The Bertz CT molecular complexity index is 152. The summed E-state index contributed by atoms with van der Waals surface area (Å²) in [6, 6.07) is -1.06. The van der Waals surface area contributed by atoms with Crippen LogP contribution >= 0.6 is 0 Å². The van der Waals surface area contributed by atoms with Crippen LogP contribution in [0.15, 0.2) is 0 Å². The van der Waals surface area contributed by atoms with Crippen molar-refractivity contribution in [2.75, 3.05) is 0 Å². The van der Waals surface area contributed by atoms with E-state index < -0.39 is 18.0 Å². The van der Waals surface area contributed by atoms with Gasteiger partial charge in [-0.25, -0.2) is 0 Å². The summed E-state index contributed by atoms with van der Waals surface area (Å²) < 4.78 is 0. The monoisotopic (exact) mass is 275 g/mol. The van der Waals surface area contributed by atoms with Gasteiger partial charge >= 0.3 is 11.9 Å². The molecule has 4 N–H and O–H groups in total. The Morgan fingerprint density at radius 2 is 1.67 bits per heavy atom. The minimum absolute atomic E-state index is 0. The molecule has 0 heterocycles. The summed E-state index contributed by atoms with van der Waals surface area (Å²) in [6.07, 6.45) is -0.224. The smallest absolute Gasteiger partial charge is 0.320 e. The Labute approximate surface area is 95.2 Å². The summed E-state index contributed by atoms with van der Waals surface area (Å²) in [5, 5.41) is 16.3. The van der Waals surface area contributed by atoms with Gasteiger partial charge in [0.15, 0.2) is 0 Å². The molecule has 0 aliphatic heterocycles. The Hall–Kier alpha value is 0.147. The maximum absolute atomic E-state index is 9.99. The van der Waals surface area contributed by atoms with Crippen LogP contribution < -0.4 is 5.73 Å². The fourth-order valence-corrected chi connectivity index (χ4v) is 0.402. The first-order valence-corrected chi connectivity index (χ1v) is 2.74. The predicted molar refractivity (Wildman–Crippen MR) is 32.5 cm³/mol. The minimum atomic E-state index is -1.17. The molecule has 0 amide bonds. The number of hydrogen-bond acceptors (Lipinski definition) is 3. The third kappa shape index (κ3) is 10.1. The average molecular weight is 278 g/mol. The largest absolute Gasteiger partial charge is 0.481 e. The van der Waals surface area contributed by atoms with Crippen LogP contribution in [0.4, 0.5) is 0 Å². The van der Waals surface area contributed by atoms with E-state index in [4.69, 9.17) is 15.9 Å². The third-order valence-electron chi connectivity index (χ3n) is 0.986. The van der Waals surface area contributed by atoms with E-state index in [2.05, 4.69) is 0 Å². The van der Waals surface area contributed by atoms with Gasteiger partial charge in [0.05, 0.1) is 0 Å². The fourth-order valence-electron chi connectivity index (χ4n) is 0.402. The number of aliphatic carboxylic acids is 2. The molecule has 0 aromatic heterocycles. The molecule has 0 bridgehead atoms. The summed E-state index contributed by atoms with van der Waals surface area (Å²) in [7, 11) is 0. The van der Waals surface area contributed by atoms with Crippen molar-refractivity contribution in [1.29, 1.82) is 0 Å². The molecule has 0 spiro atoms. The van der Waals surface area contributed by atoms with E-state index in [9.17, 15) is 9.59 Å². The van der Waals surface area contributed by atoms with Crippen LogP contribution in [0.3, 0.4) is 0 Å². The first-order chi connectivity index (χ1) is 4.54. The molecule has 0 aliphatic carbocycles. The van der Waals surface area contributed by atoms with Gasteiger partial charge in [0.25, 0.3) is 0 Å². The van der Waals surface area contributed by atoms with Crippen molar-refractivity contribution < 1.29 is 58.8 Å². The normalized spacial score (nSPS) is 10.4. The molecule has 7 heteroatoms. The van der Waals surface area contributed by atoms with Gasteiger partial charge in [0.1, 0.15) is 6.04 Å². The average Bonchev–Trinajstić information content (AvgIpc) is 1.82. The van der Waals surface area contributed by atoms with Crippen molar-refractivity contribution in [3.8, 4) is 0 Å². The van der Waals surface area contributed by atoms with Gasteiger partial charge in [0.2, 0.25) is 0 Å². The summed E-state index contributed by atoms with van der Waals surface area (Å²) in [5.41, 5.74) is 5.00. The van der Waals surface area contributed by atoms with Gasteiger partial charge in [-0.1, -0.05) is 0 Å². The molecule has 0 unspecified atom stereocenters. The van der Waals surface area contributed by atoms with Crippen LogP contribution in [0.25, 0.3) is 0 Å². The SMILES string of the molecule is N[C@@H](CCC(=O)O)C(=O)O.[Zn].[Zn]. The van der Waals surface area contributed by atoms with Crippen molar-refractivity contribution in [1.82, 2.24) is 0 Å². The standard InChI is InChI=1S/C5H9NO4.2Zn/c6-3(5(9)10)1-2-4(7)8;;/h3H,1-2,6H2,(H,7,8)(H,9,10);;/t3-;;/m0../s1. The van der Waals surface area contributed by atoms with Gasteiger partial charge in [-0.05, 0) is 6.42 Å². The van der Waals surface area contributed by atoms with Crippen LogP contribution in [-0.4, -0.2) is 28.2 Å². The van der Waals surface area contributed by atoms with Gasteiger partial charge < -0.3 is 15.9 Å². The second-order valence-electron chi connectivity index (χ2n) is 1.88. The zero-order valence-corrected chi connectivity index (χ0v) is 12.6. The number of rotatable bonds is 4. The molecular weight excluding hydrogens is 269 g/mol. The minimum Gasteiger partial charge on any atom is -0.481 e. The Kier molecular flexibility index (Phi) is 13.9. The summed E-state index contributed by atoms with van der Waals surface area (Å²) in [4.78, 5) is 19.9. The number of carboxylic acids is 2. The van der Waals surface area contributed by atoms with Crippen molar-refractivity contribution in [3.05, 3.63) is 0 Å². The van der Waals surface area contributed by atoms with Crippen molar-refractivity contribution in [3.63, 3.8) is 0 Å². The van der Waals surface area contributed by atoms with Crippen LogP contribution in [0, 0.1) is 0 Å². The molecule has 62 valence electrons. The van der Waals surface area contributed by atoms with Gasteiger partial charge in [-0.3, -0.25) is 9.59 Å². The van der Waals surface area contributed by atoms with E-state index in [1.165, 1.54) is 0 Å². The van der Waals surface area contributed by atoms with Crippen molar-refractivity contribution >= 4 is 11.9 Å². The van der Waals surface area contributed by atoms with Crippen molar-refractivity contribution in [2.24, 2.45) is 5.73 Å². The molecule has 5 nitrogen and oxygen atoms in total. The van der Waals surface area contributed by atoms with Crippen LogP contribution in [0.5, 0.6) is 0 Å². The van der Waals surface area contributed by atoms with Gasteiger partial charge in [-0.15, -0.1) is 0 Å². The molecular formula is C5H9NO4Zn2. The second-order valence-corrected chi connectivity index (χ2v) is 1.88.